The van der Waals surface area contributed by atoms with Crippen LogP contribution in [0.5, 0.6) is 0 Å². The number of rotatable bonds is 5. The SMILES string of the molecule is O=C(CSc1nnc2ccc(-c3ccccn3)nn12)Nc1cccc(Cl)c1. The summed E-state index contributed by atoms with van der Waals surface area (Å²) in [6.07, 6.45) is 1.71. The number of anilines is 1. The fourth-order valence-corrected chi connectivity index (χ4v) is 3.28. The average molecular weight is 397 g/mol. The molecular formula is C18H13ClN6OS. The first-order valence-corrected chi connectivity index (χ1v) is 9.37. The lowest BCUT2D eigenvalue weighted by molar-refractivity contribution is -0.113. The van der Waals surface area contributed by atoms with E-state index in [-0.39, 0.29) is 11.7 Å². The van der Waals surface area contributed by atoms with Crippen molar-refractivity contribution in [1.29, 1.82) is 0 Å². The van der Waals surface area contributed by atoms with Gasteiger partial charge in [-0.15, -0.1) is 10.2 Å². The zero-order valence-electron chi connectivity index (χ0n) is 13.9. The molecule has 4 aromatic rings. The third-order valence-electron chi connectivity index (χ3n) is 3.60. The van der Waals surface area contributed by atoms with Gasteiger partial charge in [-0.2, -0.15) is 9.61 Å². The van der Waals surface area contributed by atoms with Gasteiger partial charge in [0.05, 0.1) is 11.4 Å². The van der Waals surface area contributed by atoms with Gasteiger partial charge in [0.1, 0.15) is 5.69 Å². The van der Waals surface area contributed by atoms with Crippen molar-refractivity contribution in [2.24, 2.45) is 0 Å². The summed E-state index contributed by atoms with van der Waals surface area (Å²) in [5.74, 6) is 0.00268. The summed E-state index contributed by atoms with van der Waals surface area (Å²) in [6, 6.07) is 16.3. The third-order valence-corrected chi connectivity index (χ3v) is 4.76. The van der Waals surface area contributed by atoms with Crippen LogP contribution in [0.2, 0.25) is 5.02 Å². The minimum atomic E-state index is -0.167. The molecule has 0 atom stereocenters. The first kappa shape index (κ1) is 17.4. The molecule has 0 radical (unpaired) electrons. The van der Waals surface area contributed by atoms with Crippen LogP contribution in [-0.2, 0) is 4.79 Å². The van der Waals surface area contributed by atoms with Gasteiger partial charge in [0.2, 0.25) is 11.1 Å². The summed E-state index contributed by atoms with van der Waals surface area (Å²) in [5, 5.41) is 16.6. The van der Waals surface area contributed by atoms with Crippen molar-refractivity contribution in [3.63, 3.8) is 0 Å². The normalized spacial score (nSPS) is 10.9. The molecule has 1 aromatic carbocycles. The fourth-order valence-electron chi connectivity index (χ4n) is 2.40. The number of pyridine rings is 1. The van der Waals surface area contributed by atoms with Crippen LogP contribution in [0.4, 0.5) is 5.69 Å². The number of aromatic nitrogens is 5. The molecule has 0 saturated carbocycles. The van der Waals surface area contributed by atoms with Gasteiger partial charge in [-0.1, -0.05) is 35.5 Å². The van der Waals surface area contributed by atoms with E-state index in [9.17, 15) is 4.79 Å². The molecule has 0 fully saturated rings. The van der Waals surface area contributed by atoms with E-state index in [2.05, 4.69) is 25.6 Å². The molecule has 3 heterocycles. The van der Waals surface area contributed by atoms with Crippen molar-refractivity contribution < 1.29 is 4.79 Å². The highest BCUT2D eigenvalue weighted by Crippen LogP contribution is 2.20. The van der Waals surface area contributed by atoms with E-state index >= 15 is 0 Å². The predicted octanol–water partition coefficient (Wildman–Crippen LogP) is 3.57. The highest BCUT2D eigenvalue weighted by Gasteiger charge is 2.12. The van der Waals surface area contributed by atoms with Crippen molar-refractivity contribution in [3.05, 3.63) is 65.8 Å². The molecular weight excluding hydrogens is 384 g/mol. The lowest BCUT2D eigenvalue weighted by Crippen LogP contribution is -2.14. The monoisotopic (exact) mass is 396 g/mol. The van der Waals surface area contributed by atoms with Gasteiger partial charge in [-0.05, 0) is 42.5 Å². The highest BCUT2D eigenvalue weighted by atomic mass is 35.5. The van der Waals surface area contributed by atoms with E-state index in [1.54, 1.807) is 35.0 Å². The van der Waals surface area contributed by atoms with E-state index in [1.165, 1.54) is 11.8 Å². The smallest absolute Gasteiger partial charge is 0.234 e. The molecule has 27 heavy (non-hydrogen) atoms. The Balaban J connectivity index is 1.49. The molecule has 0 spiro atoms. The Bertz CT molecular complexity index is 1100. The van der Waals surface area contributed by atoms with Gasteiger partial charge in [0.15, 0.2) is 5.65 Å². The number of hydrogen-bond acceptors (Lipinski definition) is 6. The molecule has 9 heteroatoms. The van der Waals surface area contributed by atoms with Crippen molar-refractivity contribution in [2.75, 3.05) is 11.1 Å². The number of hydrogen-bond donors (Lipinski definition) is 1. The zero-order chi connectivity index (χ0) is 18.6. The van der Waals surface area contributed by atoms with Crippen LogP contribution in [-0.4, -0.2) is 36.5 Å². The number of carbonyl (C=O) groups is 1. The Hall–Kier alpha value is -2.97. The maximum Gasteiger partial charge on any atom is 0.234 e. The predicted molar refractivity (Wildman–Crippen MR) is 105 cm³/mol. The van der Waals surface area contributed by atoms with Gasteiger partial charge in [-0.25, -0.2) is 0 Å². The van der Waals surface area contributed by atoms with Crippen LogP contribution in [0, 0.1) is 0 Å². The first-order chi connectivity index (χ1) is 13.2. The summed E-state index contributed by atoms with van der Waals surface area (Å²) in [4.78, 5) is 16.5. The van der Waals surface area contributed by atoms with Crippen molar-refractivity contribution in [3.8, 4) is 11.4 Å². The second-order valence-corrected chi connectivity index (χ2v) is 6.91. The maximum atomic E-state index is 12.2. The highest BCUT2D eigenvalue weighted by molar-refractivity contribution is 7.99. The quantitative estimate of drug-likeness (QED) is 0.519. The van der Waals surface area contributed by atoms with E-state index in [4.69, 9.17) is 11.6 Å². The Morgan fingerprint density at radius 2 is 2.00 bits per heavy atom. The molecule has 134 valence electrons. The van der Waals surface area contributed by atoms with Gasteiger partial charge < -0.3 is 5.32 Å². The Kier molecular flexibility index (Phi) is 4.99. The van der Waals surface area contributed by atoms with Gasteiger partial charge in [0.25, 0.3) is 0 Å². The molecule has 0 aliphatic heterocycles. The van der Waals surface area contributed by atoms with Crippen LogP contribution in [0.3, 0.4) is 0 Å². The molecule has 3 aromatic heterocycles. The van der Waals surface area contributed by atoms with Gasteiger partial charge in [-0.3, -0.25) is 9.78 Å². The molecule has 4 rings (SSSR count). The number of fused-ring (bicyclic) bond motifs is 1. The molecule has 0 unspecified atom stereocenters. The summed E-state index contributed by atoms with van der Waals surface area (Å²) < 4.78 is 1.61. The molecule has 0 bridgehead atoms. The van der Waals surface area contributed by atoms with E-state index in [0.717, 1.165) is 5.69 Å². The molecule has 0 aliphatic carbocycles. The summed E-state index contributed by atoms with van der Waals surface area (Å²) in [7, 11) is 0. The number of halogens is 1. The minimum absolute atomic E-state index is 0.167. The fraction of sp³-hybridized carbons (Fsp3) is 0.0556. The number of thioether (sulfide) groups is 1. The molecule has 0 aliphatic rings. The standard InChI is InChI=1S/C18H13ClN6OS/c19-12-4-3-5-13(10-12)21-17(26)11-27-18-23-22-16-8-7-15(24-25(16)18)14-6-1-2-9-20-14/h1-10H,11H2,(H,21,26). The average Bonchev–Trinajstić information content (AvgIpc) is 3.09. The lowest BCUT2D eigenvalue weighted by Gasteiger charge is -2.05. The largest absolute Gasteiger partial charge is 0.325 e. The van der Waals surface area contributed by atoms with Crippen molar-refractivity contribution >= 4 is 40.6 Å². The van der Waals surface area contributed by atoms with Crippen LogP contribution in [0.1, 0.15) is 0 Å². The number of amides is 1. The first-order valence-electron chi connectivity index (χ1n) is 8.01. The molecule has 1 amide bonds. The number of nitrogens with one attached hydrogen (secondary N) is 1. The third kappa shape index (κ3) is 4.07. The van der Waals surface area contributed by atoms with E-state index in [0.29, 0.717) is 27.2 Å². The minimum Gasteiger partial charge on any atom is -0.325 e. The number of benzene rings is 1. The van der Waals surface area contributed by atoms with Crippen molar-refractivity contribution in [2.45, 2.75) is 5.16 Å². The van der Waals surface area contributed by atoms with Crippen LogP contribution in [0.25, 0.3) is 17.0 Å². The van der Waals surface area contributed by atoms with E-state index < -0.39 is 0 Å². The van der Waals surface area contributed by atoms with Gasteiger partial charge >= 0.3 is 0 Å². The van der Waals surface area contributed by atoms with Crippen LogP contribution < -0.4 is 5.32 Å². The second-order valence-electron chi connectivity index (χ2n) is 5.53. The second kappa shape index (κ2) is 7.73. The van der Waals surface area contributed by atoms with Crippen LogP contribution in [0.15, 0.2) is 66.0 Å². The Morgan fingerprint density at radius 1 is 1.07 bits per heavy atom. The number of nitrogens with zero attached hydrogens (tertiary/aromatic N) is 5. The summed E-state index contributed by atoms with van der Waals surface area (Å²) >= 11 is 7.18. The maximum absolute atomic E-state index is 12.2. The van der Waals surface area contributed by atoms with Gasteiger partial charge in [0, 0.05) is 16.9 Å². The molecule has 7 nitrogen and oxygen atoms in total. The lowest BCUT2D eigenvalue weighted by atomic mass is 10.2. The Morgan fingerprint density at radius 3 is 2.81 bits per heavy atom. The topological polar surface area (TPSA) is 85.1 Å². The van der Waals surface area contributed by atoms with Crippen molar-refractivity contribution in [1.82, 2.24) is 24.8 Å². The Labute approximate surface area is 163 Å². The summed E-state index contributed by atoms with van der Waals surface area (Å²) in [6.45, 7) is 0. The number of carbonyl (C=O) groups excluding carboxylic acids is 1. The summed E-state index contributed by atoms with van der Waals surface area (Å²) in [5.41, 5.74) is 2.71. The van der Waals surface area contributed by atoms with E-state index in [1.807, 2.05) is 30.3 Å². The van der Waals surface area contributed by atoms with Crippen LogP contribution >= 0.6 is 23.4 Å². The molecule has 0 saturated heterocycles. The molecule has 1 N–H and O–H groups in total. The zero-order valence-corrected chi connectivity index (χ0v) is 15.5.